The Morgan fingerprint density at radius 2 is 2.09 bits per heavy atom. The van der Waals surface area contributed by atoms with Crippen molar-refractivity contribution in [1.82, 2.24) is 0 Å². The minimum absolute atomic E-state index is 0.0969. The molecule has 2 rings (SSSR count). The fourth-order valence-electron chi connectivity index (χ4n) is 2.11. The van der Waals surface area contributed by atoms with Crippen LogP contribution in [0, 0.1) is 11.8 Å². The van der Waals surface area contributed by atoms with E-state index in [-0.39, 0.29) is 12.1 Å². The zero-order valence-electron chi connectivity index (χ0n) is 6.32. The van der Waals surface area contributed by atoms with Gasteiger partial charge in [0.25, 0.3) is 0 Å². The first kappa shape index (κ1) is 7.10. The van der Waals surface area contributed by atoms with E-state index in [0.29, 0.717) is 24.9 Å². The van der Waals surface area contributed by atoms with Crippen molar-refractivity contribution in [3.8, 4) is 0 Å². The van der Waals surface area contributed by atoms with Gasteiger partial charge in [-0.1, -0.05) is 0 Å². The number of fused-ring (bicyclic) bond motifs is 1. The first-order valence-corrected chi connectivity index (χ1v) is 4.09. The summed E-state index contributed by atoms with van der Waals surface area (Å²) >= 11 is 0. The summed E-state index contributed by atoms with van der Waals surface area (Å²) < 4.78 is 4.89. The molecular formula is C8H12O3. The number of aliphatic hydroxyl groups is 1. The summed E-state index contributed by atoms with van der Waals surface area (Å²) in [5, 5.41) is 9.28. The molecule has 0 bridgehead atoms. The summed E-state index contributed by atoms with van der Waals surface area (Å²) in [5.41, 5.74) is 0. The maximum Gasteiger partial charge on any atom is 0.306 e. The van der Waals surface area contributed by atoms with Crippen LogP contribution in [0.5, 0.6) is 0 Å². The quantitative estimate of drug-likeness (QED) is 0.514. The molecule has 0 amide bonds. The van der Waals surface area contributed by atoms with Gasteiger partial charge in [0.2, 0.25) is 0 Å². The highest BCUT2D eigenvalue weighted by molar-refractivity contribution is 5.70. The topological polar surface area (TPSA) is 46.5 Å². The van der Waals surface area contributed by atoms with E-state index in [1.807, 2.05) is 0 Å². The lowest BCUT2D eigenvalue weighted by Crippen LogP contribution is -2.26. The molecule has 2 fully saturated rings. The van der Waals surface area contributed by atoms with Gasteiger partial charge in [0.1, 0.15) is 0 Å². The highest BCUT2D eigenvalue weighted by atomic mass is 16.5. The minimum atomic E-state index is -0.195. The van der Waals surface area contributed by atoms with Gasteiger partial charge >= 0.3 is 5.97 Å². The SMILES string of the molecule is O=C1CC2CC(O)CC2CO1. The standard InChI is InChI=1S/C8H12O3/c9-7-1-5-3-8(10)11-4-6(5)2-7/h5-7,9H,1-4H2. The summed E-state index contributed by atoms with van der Waals surface area (Å²) in [6, 6.07) is 0. The van der Waals surface area contributed by atoms with Crippen LogP contribution in [0.2, 0.25) is 0 Å². The van der Waals surface area contributed by atoms with E-state index in [9.17, 15) is 9.90 Å². The molecule has 1 heterocycles. The van der Waals surface area contributed by atoms with Crippen LogP contribution in [0.4, 0.5) is 0 Å². The number of carbonyl (C=O) groups excluding carboxylic acids is 1. The monoisotopic (exact) mass is 156 g/mol. The van der Waals surface area contributed by atoms with Crippen LogP contribution in [0.15, 0.2) is 0 Å². The van der Waals surface area contributed by atoms with E-state index in [2.05, 4.69) is 0 Å². The number of ether oxygens (including phenoxy) is 1. The maximum atomic E-state index is 10.8. The zero-order valence-corrected chi connectivity index (χ0v) is 6.32. The van der Waals surface area contributed by atoms with Crippen molar-refractivity contribution < 1.29 is 14.6 Å². The Balaban J connectivity index is 2.02. The molecule has 1 aliphatic heterocycles. The van der Waals surface area contributed by atoms with Crippen LogP contribution < -0.4 is 0 Å². The zero-order chi connectivity index (χ0) is 7.84. The smallest absolute Gasteiger partial charge is 0.306 e. The Morgan fingerprint density at radius 3 is 2.91 bits per heavy atom. The Labute approximate surface area is 65.4 Å². The largest absolute Gasteiger partial charge is 0.465 e. The lowest BCUT2D eigenvalue weighted by molar-refractivity contribution is -0.151. The van der Waals surface area contributed by atoms with Crippen molar-refractivity contribution in [3.63, 3.8) is 0 Å². The number of hydrogen-bond donors (Lipinski definition) is 1. The summed E-state index contributed by atoms with van der Waals surface area (Å²) in [6.07, 6.45) is 1.93. The molecule has 3 heteroatoms. The summed E-state index contributed by atoms with van der Waals surface area (Å²) in [4.78, 5) is 10.8. The van der Waals surface area contributed by atoms with Gasteiger partial charge in [-0.2, -0.15) is 0 Å². The molecule has 0 aromatic carbocycles. The van der Waals surface area contributed by atoms with E-state index in [0.717, 1.165) is 12.8 Å². The lowest BCUT2D eigenvalue weighted by Gasteiger charge is -2.23. The molecule has 11 heavy (non-hydrogen) atoms. The number of carbonyl (C=O) groups is 1. The molecule has 0 aromatic heterocycles. The molecule has 62 valence electrons. The second-order valence-electron chi connectivity index (χ2n) is 3.53. The van der Waals surface area contributed by atoms with Gasteiger partial charge in [-0.05, 0) is 24.7 Å². The highest BCUT2D eigenvalue weighted by Crippen LogP contribution is 2.37. The highest BCUT2D eigenvalue weighted by Gasteiger charge is 2.38. The van der Waals surface area contributed by atoms with Crippen LogP contribution in [-0.2, 0) is 9.53 Å². The summed E-state index contributed by atoms with van der Waals surface area (Å²) in [7, 11) is 0. The summed E-state index contributed by atoms with van der Waals surface area (Å²) in [6.45, 7) is 0.528. The normalized spacial score (nSPS) is 43.4. The fraction of sp³-hybridized carbons (Fsp3) is 0.875. The van der Waals surface area contributed by atoms with Gasteiger partial charge in [-0.3, -0.25) is 4.79 Å². The van der Waals surface area contributed by atoms with Crippen LogP contribution in [-0.4, -0.2) is 23.8 Å². The Kier molecular flexibility index (Phi) is 1.60. The van der Waals surface area contributed by atoms with Crippen molar-refractivity contribution in [2.45, 2.75) is 25.4 Å². The Morgan fingerprint density at radius 1 is 1.36 bits per heavy atom. The fourth-order valence-corrected chi connectivity index (χ4v) is 2.11. The minimum Gasteiger partial charge on any atom is -0.465 e. The molecule has 3 atom stereocenters. The molecule has 2 aliphatic rings. The van der Waals surface area contributed by atoms with Gasteiger partial charge < -0.3 is 9.84 Å². The third-order valence-corrected chi connectivity index (χ3v) is 2.70. The third kappa shape index (κ3) is 1.25. The number of rotatable bonds is 0. The third-order valence-electron chi connectivity index (χ3n) is 2.70. The van der Waals surface area contributed by atoms with E-state index < -0.39 is 0 Å². The van der Waals surface area contributed by atoms with Crippen molar-refractivity contribution >= 4 is 5.97 Å². The van der Waals surface area contributed by atoms with E-state index in [4.69, 9.17) is 4.74 Å². The van der Waals surface area contributed by atoms with Crippen LogP contribution in [0.3, 0.4) is 0 Å². The van der Waals surface area contributed by atoms with Crippen molar-refractivity contribution in [3.05, 3.63) is 0 Å². The first-order valence-electron chi connectivity index (χ1n) is 4.09. The second-order valence-corrected chi connectivity index (χ2v) is 3.53. The van der Waals surface area contributed by atoms with Crippen molar-refractivity contribution in [2.75, 3.05) is 6.61 Å². The van der Waals surface area contributed by atoms with E-state index in [1.165, 1.54) is 0 Å². The van der Waals surface area contributed by atoms with Crippen LogP contribution in [0.25, 0.3) is 0 Å². The second kappa shape index (κ2) is 2.48. The Bertz CT molecular complexity index is 178. The van der Waals surface area contributed by atoms with Gasteiger partial charge in [0.15, 0.2) is 0 Å². The number of esters is 1. The number of aliphatic hydroxyl groups excluding tert-OH is 1. The molecule has 3 nitrogen and oxygen atoms in total. The molecule has 0 aromatic rings. The average Bonchev–Trinajstić information content (AvgIpc) is 2.27. The van der Waals surface area contributed by atoms with E-state index >= 15 is 0 Å². The molecule has 3 unspecified atom stereocenters. The summed E-state index contributed by atoms with van der Waals surface area (Å²) in [5.74, 6) is 0.731. The molecule has 0 radical (unpaired) electrons. The average molecular weight is 156 g/mol. The predicted octanol–water partition coefficient (Wildman–Crippen LogP) is 0.320. The molecule has 1 aliphatic carbocycles. The molecule has 1 saturated heterocycles. The van der Waals surface area contributed by atoms with Crippen LogP contribution >= 0.6 is 0 Å². The molecule has 0 spiro atoms. The predicted molar refractivity (Wildman–Crippen MR) is 37.8 cm³/mol. The first-order chi connectivity index (χ1) is 5.25. The number of cyclic esters (lactones) is 1. The van der Waals surface area contributed by atoms with Crippen molar-refractivity contribution in [2.24, 2.45) is 11.8 Å². The molecular weight excluding hydrogens is 144 g/mol. The maximum absolute atomic E-state index is 10.8. The van der Waals surface area contributed by atoms with E-state index in [1.54, 1.807) is 0 Å². The van der Waals surface area contributed by atoms with Gasteiger partial charge in [0, 0.05) is 6.42 Å². The van der Waals surface area contributed by atoms with Gasteiger partial charge in [-0.25, -0.2) is 0 Å². The molecule has 1 saturated carbocycles. The van der Waals surface area contributed by atoms with Crippen LogP contribution in [0.1, 0.15) is 19.3 Å². The van der Waals surface area contributed by atoms with Gasteiger partial charge in [-0.15, -0.1) is 0 Å². The van der Waals surface area contributed by atoms with Crippen molar-refractivity contribution in [1.29, 1.82) is 0 Å². The molecule has 1 N–H and O–H groups in total. The number of hydrogen-bond acceptors (Lipinski definition) is 3. The van der Waals surface area contributed by atoms with Gasteiger partial charge in [0.05, 0.1) is 12.7 Å². The Hall–Kier alpha value is -0.570. The lowest BCUT2D eigenvalue weighted by atomic mass is 9.92.